The summed E-state index contributed by atoms with van der Waals surface area (Å²) in [5.74, 6) is -0.178. The number of primary amides is 1. The van der Waals surface area contributed by atoms with Crippen LogP contribution in [0.3, 0.4) is 0 Å². The molecular formula is C14H29N3O. The van der Waals surface area contributed by atoms with E-state index in [9.17, 15) is 4.79 Å². The average molecular weight is 255 g/mol. The lowest BCUT2D eigenvalue weighted by molar-refractivity contribution is -0.119. The van der Waals surface area contributed by atoms with Gasteiger partial charge in [-0.15, -0.1) is 0 Å². The topological polar surface area (TPSA) is 58.4 Å². The number of nitrogens with one attached hydrogen (secondary N) is 1. The molecule has 1 rings (SSSR count). The largest absolute Gasteiger partial charge is 0.370 e. The minimum Gasteiger partial charge on any atom is -0.370 e. The lowest BCUT2D eigenvalue weighted by Gasteiger charge is -2.33. The Morgan fingerprint density at radius 1 is 1.28 bits per heavy atom. The van der Waals surface area contributed by atoms with Gasteiger partial charge in [0.25, 0.3) is 0 Å². The van der Waals surface area contributed by atoms with Crippen LogP contribution in [-0.2, 0) is 4.79 Å². The first-order valence-corrected chi connectivity index (χ1v) is 7.37. The van der Waals surface area contributed by atoms with E-state index in [1.165, 1.54) is 13.0 Å². The third-order valence-electron chi connectivity index (χ3n) is 3.84. The fourth-order valence-electron chi connectivity index (χ4n) is 2.93. The maximum absolute atomic E-state index is 11.3. The average Bonchev–Trinajstić information content (AvgIpc) is 2.50. The molecule has 0 aromatic rings. The highest BCUT2D eigenvalue weighted by atomic mass is 16.1. The van der Waals surface area contributed by atoms with Gasteiger partial charge in [-0.25, -0.2) is 0 Å². The van der Waals surface area contributed by atoms with Gasteiger partial charge in [0, 0.05) is 12.0 Å². The molecular weight excluding hydrogens is 226 g/mol. The van der Waals surface area contributed by atoms with Gasteiger partial charge in [-0.05, 0) is 58.3 Å². The number of carbonyl (C=O) groups excluding carboxylic acids is 1. The van der Waals surface area contributed by atoms with Crippen LogP contribution in [0.2, 0.25) is 0 Å². The molecule has 1 heterocycles. The number of nitrogens with zero attached hydrogens (tertiary/aromatic N) is 1. The van der Waals surface area contributed by atoms with E-state index in [4.69, 9.17) is 5.73 Å². The SMILES string of the molecule is CCCNC1(CC(N)=O)CCCN(CCC)CC1. The number of amides is 1. The van der Waals surface area contributed by atoms with Gasteiger partial charge < -0.3 is 16.0 Å². The number of rotatable bonds is 7. The van der Waals surface area contributed by atoms with Crippen molar-refractivity contribution in [2.75, 3.05) is 26.2 Å². The van der Waals surface area contributed by atoms with Gasteiger partial charge in [-0.1, -0.05) is 13.8 Å². The van der Waals surface area contributed by atoms with Crippen molar-refractivity contribution in [3.63, 3.8) is 0 Å². The first-order valence-electron chi connectivity index (χ1n) is 7.37. The third kappa shape index (κ3) is 4.94. The first kappa shape index (κ1) is 15.4. The van der Waals surface area contributed by atoms with Crippen LogP contribution < -0.4 is 11.1 Å². The Balaban J connectivity index is 2.61. The van der Waals surface area contributed by atoms with E-state index in [1.54, 1.807) is 0 Å². The van der Waals surface area contributed by atoms with Gasteiger partial charge in [0.2, 0.25) is 5.91 Å². The molecule has 18 heavy (non-hydrogen) atoms. The Bertz CT molecular complexity index is 257. The molecule has 0 saturated carbocycles. The van der Waals surface area contributed by atoms with E-state index in [2.05, 4.69) is 24.1 Å². The molecule has 0 spiro atoms. The van der Waals surface area contributed by atoms with Crippen molar-refractivity contribution in [2.45, 2.75) is 57.9 Å². The minimum atomic E-state index is -0.178. The smallest absolute Gasteiger partial charge is 0.219 e. The molecule has 0 aromatic carbocycles. The Morgan fingerprint density at radius 3 is 2.67 bits per heavy atom. The molecule has 106 valence electrons. The number of hydrogen-bond acceptors (Lipinski definition) is 3. The highest BCUT2D eigenvalue weighted by molar-refractivity contribution is 5.75. The van der Waals surface area contributed by atoms with Crippen LogP contribution in [0, 0.1) is 0 Å². The summed E-state index contributed by atoms with van der Waals surface area (Å²) in [6, 6.07) is 0. The van der Waals surface area contributed by atoms with Crippen molar-refractivity contribution in [1.82, 2.24) is 10.2 Å². The van der Waals surface area contributed by atoms with E-state index in [0.29, 0.717) is 6.42 Å². The minimum absolute atomic E-state index is 0.0513. The number of hydrogen-bond donors (Lipinski definition) is 2. The number of likely N-dealkylation sites (tertiary alicyclic amines) is 1. The highest BCUT2D eigenvalue weighted by Crippen LogP contribution is 2.26. The molecule has 4 heteroatoms. The maximum Gasteiger partial charge on any atom is 0.219 e. The van der Waals surface area contributed by atoms with Gasteiger partial charge in [0.1, 0.15) is 0 Å². The van der Waals surface area contributed by atoms with E-state index >= 15 is 0 Å². The quantitative estimate of drug-likeness (QED) is 0.725. The van der Waals surface area contributed by atoms with Crippen molar-refractivity contribution in [1.29, 1.82) is 0 Å². The van der Waals surface area contributed by atoms with E-state index < -0.39 is 0 Å². The highest BCUT2D eigenvalue weighted by Gasteiger charge is 2.33. The Morgan fingerprint density at radius 2 is 2.06 bits per heavy atom. The van der Waals surface area contributed by atoms with Gasteiger partial charge in [-0.2, -0.15) is 0 Å². The van der Waals surface area contributed by atoms with E-state index in [0.717, 1.165) is 45.3 Å². The molecule has 1 fully saturated rings. The molecule has 1 amide bonds. The van der Waals surface area contributed by atoms with Crippen LogP contribution in [-0.4, -0.2) is 42.5 Å². The fraction of sp³-hybridized carbons (Fsp3) is 0.929. The fourth-order valence-corrected chi connectivity index (χ4v) is 2.93. The second-order valence-electron chi connectivity index (χ2n) is 5.55. The third-order valence-corrected chi connectivity index (χ3v) is 3.84. The summed E-state index contributed by atoms with van der Waals surface area (Å²) in [5.41, 5.74) is 5.38. The maximum atomic E-state index is 11.3. The molecule has 4 nitrogen and oxygen atoms in total. The predicted molar refractivity (Wildman–Crippen MR) is 75.4 cm³/mol. The van der Waals surface area contributed by atoms with Crippen LogP contribution >= 0.6 is 0 Å². The Kier molecular flexibility index (Phi) is 6.65. The molecule has 3 N–H and O–H groups in total. The zero-order chi connectivity index (χ0) is 13.4. The first-order chi connectivity index (χ1) is 8.62. The molecule has 0 radical (unpaired) electrons. The van der Waals surface area contributed by atoms with Crippen molar-refractivity contribution in [3.8, 4) is 0 Å². The summed E-state index contributed by atoms with van der Waals surface area (Å²) in [6.07, 6.45) is 6.04. The number of carbonyl (C=O) groups is 1. The van der Waals surface area contributed by atoms with Crippen molar-refractivity contribution in [2.24, 2.45) is 5.73 Å². The lowest BCUT2D eigenvalue weighted by atomic mass is 9.86. The second kappa shape index (κ2) is 7.74. The zero-order valence-electron chi connectivity index (χ0n) is 12.0. The summed E-state index contributed by atoms with van der Waals surface area (Å²) in [5, 5.41) is 3.59. The second-order valence-corrected chi connectivity index (χ2v) is 5.55. The van der Waals surface area contributed by atoms with Gasteiger partial charge in [0.15, 0.2) is 0 Å². The molecule has 1 unspecified atom stereocenters. The summed E-state index contributed by atoms with van der Waals surface area (Å²) in [7, 11) is 0. The number of nitrogens with two attached hydrogens (primary N) is 1. The summed E-state index contributed by atoms with van der Waals surface area (Å²) in [4.78, 5) is 13.8. The van der Waals surface area contributed by atoms with E-state index in [1.807, 2.05) is 0 Å². The van der Waals surface area contributed by atoms with Gasteiger partial charge in [0.05, 0.1) is 0 Å². The molecule has 0 bridgehead atoms. The van der Waals surface area contributed by atoms with Gasteiger partial charge >= 0.3 is 0 Å². The van der Waals surface area contributed by atoms with Crippen molar-refractivity contribution in [3.05, 3.63) is 0 Å². The Hall–Kier alpha value is -0.610. The predicted octanol–water partition coefficient (Wildman–Crippen LogP) is 1.50. The van der Waals surface area contributed by atoms with Crippen LogP contribution in [0.1, 0.15) is 52.4 Å². The van der Waals surface area contributed by atoms with Crippen LogP contribution in [0.15, 0.2) is 0 Å². The molecule has 1 aliphatic heterocycles. The lowest BCUT2D eigenvalue weighted by Crippen LogP contribution is -2.49. The normalized spacial score (nSPS) is 25.9. The summed E-state index contributed by atoms with van der Waals surface area (Å²) >= 11 is 0. The van der Waals surface area contributed by atoms with E-state index in [-0.39, 0.29) is 11.4 Å². The van der Waals surface area contributed by atoms with Crippen LogP contribution in [0.5, 0.6) is 0 Å². The summed E-state index contributed by atoms with van der Waals surface area (Å²) in [6.45, 7) is 8.75. The molecule has 1 saturated heterocycles. The van der Waals surface area contributed by atoms with Crippen LogP contribution in [0.4, 0.5) is 0 Å². The Labute approximate surface area is 111 Å². The molecule has 0 aliphatic carbocycles. The standard InChI is InChI=1S/C14H29N3O/c1-3-8-16-14(12-13(15)18)6-5-10-17(9-4-2)11-7-14/h16H,3-12H2,1-2H3,(H2,15,18). The molecule has 1 aliphatic rings. The van der Waals surface area contributed by atoms with Gasteiger partial charge in [-0.3, -0.25) is 4.79 Å². The molecule has 0 aromatic heterocycles. The summed E-state index contributed by atoms with van der Waals surface area (Å²) < 4.78 is 0. The monoisotopic (exact) mass is 255 g/mol. The van der Waals surface area contributed by atoms with Crippen molar-refractivity contribution >= 4 is 5.91 Å². The zero-order valence-corrected chi connectivity index (χ0v) is 12.0. The van der Waals surface area contributed by atoms with Crippen LogP contribution in [0.25, 0.3) is 0 Å². The van der Waals surface area contributed by atoms with Crippen molar-refractivity contribution < 1.29 is 4.79 Å². The molecule has 1 atom stereocenters.